The van der Waals surface area contributed by atoms with Crippen molar-refractivity contribution in [1.29, 1.82) is 0 Å². The molecule has 1 aromatic rings. The molecule has 15 heavy (non-hydrogen) atoms. The van der Waals surface area contributed by atoms with Crippen molar-refractivity contribution < 1.29 is 14.3 Å². The molecule has 1 atom stereocenters. The standard InChI is InChI=1S/C10H12FNO2S/c1-10(2,13)9-5-3-8(15)6(11)4-7(5)14-12-9/h3-4,9,12-13,15H,1-2H3. The predicted molar refractivity (Wildman–Crippen MR) is 56.5 cm³/mol. The van der Waals surface area contributed by atoms with Crippen molar-refractivity contribution >= 4 is 12.6 Å². The van der Waals surface area contributed by atoms with Crippen LogP contribution in [0, 0.1) is 5.82 Å². The van der Waals surface area contributed by atoms with Crippen LogP contribution in [0.5, 0.6) is 5.75 Å². The van der Waals surface area contributed by atoms with E-state index in [2.05, 4.69) is 18.1 Å². The van der Waals surface area contributed by atoms with Gasteiger partial charge < -0.3 is 9.94 Å². The van der Waals surface area contributed by atoms with Gasteiger partial charge in [-0.1, -0.05) is 0 Å². The van der Waals surface area contributed by atoms with Crippen LogP contribution >= 0.6 is 12.6 Å². The molecule has 0 saturated carbocycles. The van der Waals surface area contributed by atoms with E-state index in [1.807, 2.05) is 0 Å². The fraction of sp³-hybridized carbons (Fsp3) is 0.400. The molecule has 0 amide bonds. The van der Waals surface area contributed by atoms with Crippen LogP contribution in [0.2, 0.25) is 0 Å². The van der Waals surface area contributed by atoms with Gasteiger partial charge in [-0.3, -0.25) is 0 Å². The number of hydrogen-bond donors (Lipinski definition) is 3. The summed E-state index contributed by atoms with van der Waals surface area (Å²) in [6.07, 6.45) is 0. The summed E-state index contributed by atoms with van der Waals surface area (Å²) >= 11 is 3.99. The molecular formula is C10H12FNO2S. The Kier molecular flexibility index (Phi) is 2.41. The molecule has 2 rings (SSSR count). The average Bonchev–Trinajstić information content (AvgIpc) is 2.47. The molecule has 0 radical (unpaired) electrons. The van der Waals surface area contributed by atoms with Gasteiger partial charge in [0.15, 0.2) is 5.75 Å². The van der Waals surface area contributed by atoms with E-state index in [1.54, 1.807) is 19.9 Å². The van der Waals surface area contributed by atoms with Gasteiger partial charge in [-0.25, -0.2) is 4.39 Å². The zero-order valence-corrected chi connectivity index (χ0v) is 9.31. The summed E-state index contributed by atoms with van der Waals surface area (Å²) in [4.78, 5) is 5.34. The fourth-order valence-electron chi connectivity index (χ4n) is 1.58. The van der Waals surface area contributed by atoms with Crippen LogP contribution in [-0.2, 0) is 0 Å². The van der Waals surface area contributed by atoms with Crippen molar-refractivity contribution in [3.63, 3.8) is 0 Å². The van der Waals surface area contributed by atoms with Crippen LogP contribution in [0.15, 0.2) is 17.0 Å². The van der Waals surface area contributed by atoms with Crippen molar-refractivity contribution in [2.24, 2.45) is 0 Å². The number of benzene rings is 1. The van der Waals surface area contributed by atoms with Crippen LogP contribution < -0.4 is 10.3 Å². The van der Waals surface area contributed by atoms with Gasteiger partial charge in [0.05, 0.1) is 11.6 Å². The largest absolute Gasteiger partial charge is 0.408 e. The van der Waals surface area contributed by atoms with E-state index in [4.69, 9.17) is 4.84 Å². The number of hydrogen-bond acceptors (Lipinski definition) is 4. The number of halogens is 1. The number of aliphatic hydroxyl groups is 1. The van der Waals surface area contributed by atoms with Gasteiger partial charge in [-0.05, 0) is 19.9 Å². The van der Waals surface area contributed by atoms with Gasteiger partial charge >= 0.3 is 0 Å². The molecule has 0 fully saturated rings. The Morgan fingerprint density at radius 1 is 1.53 bits per heavy atom. The lowest BCUT2D eigenvalue weighted by Gasteiger charge is -2.24. The van der Waals surface area contributed by atoms with E-state index in [-0.39, 0.29) is 10.9 Å². The Bertz CT molecular complexity index is 403. The monoisotopic (exact) mass is 229 g/mol. The minimum atomic E-state index is -0.983. The molecule has 3 nitrogen and oxygen atoms in total. The highest BCUT2D eigenvalue weighted by molar-refractivity contribution is 7.80. The minimum Gasteiger partial charge on any atom is -0.408 e. The summed E-state index contributed by atoms with van der Waals surface area (Å²) in [5, 5.41) is 9.86. The summed E-state index contributed by atoms with van der Waals surface area (Å²) in [5.41, 5.74) is 2.40. The molecule has 0 bridgehead atoms. The second-order valence-electron chi connectivity index (χ2n) is 4.15. The predicted octanol–water partition coefficient (Wildman–Crippen LogP) is 1.82. The molecule has 0 saturated heterocycles. The van der Waals surface area contributed by atoms with Gasteiger partial charge in [0, 0.05) is 16.5 Å². The Hall–Kier alpha value is -0.780. The molecule has 0 aliphatic carbocycles. The topological polar surface area (TPSA) is 41.5 Å². The molecular weight excluding hydrogens is 217 g/mol. The summed E-state index contributed by atoms with van der Waals surface area (Å²) < 4.78 is 13.2. The highest BCUT2D eigenvalue weighted by Gasteiger charge is 2.36. The van der Waals surface area contributed by atoms with Crippen LogP contribution in [0.3, 0.4) is 0 Å². The number of hydroxylamine groups is 1. The molecule has 5 heteroatoms. The first-order valence-electron chi connectivity index (χ1n) is 4.57. The van der Waals surface area contributed by atoms with Crippen molar-refractivity contribution in [3.05, 3.63) is 23.5 Å². The van der Waals surface area contributed by atoms with Gasteiger partial charge in [-0.2, -0.15) is 0 Å². The highest BCUT2D eigenvalue weighted by atomic mass is 32.1. The Morgan fingerprint density at radius 3 is 2.80 bits per heavy atom. The van der Waals surface area contributed by atoms with Gasteiger partial charge in [0.25, 0.3) is 0 Å². The second kappa shape index (κ2) is 3.37. The first kappa shape index (κ1) is 10.7. The van der Waals surface area contributed by atoms with Crippen molar-refractivity contribution in [2.75, 3.05) is 0 Å². The lowest BCUT2D eigenvalue weighted by molar-refractivity contribution is 0.00838. The molecule has 1 aromatic carbocycles. The van der Waals surface area contributed by atoms with E-state index in [0.717, 1.165) is 0 Å². The smallest absolute Gasteiger partial charge is 0.155 e. The quantitative estimate of drug-likeness (QED) is 0.643. The van der Waals surface area contributed by atoms with Crippen molar-refractivity contribution in [3.8, 4) is 5.75 Å². The first-order chi connectivity index (χ1) is 6.89. The zero-order valence-electron chi connectivity index (χ0n) is 8.41. The molecule has 1 unspecified atom stereocenters. The van der Waals surface area contributed by atoms with E-state index in [1.165, 1.54) is 6.07 Å². The summed E-state index contributed by atoms with van der Waals surface area (Å²) in [6.45, 7) is 3.31. The Balaban J connectivity index is 2.47. The average molecular weight is 229 g/mol. The van der Waals surface area contributed by atoms with Crippen molar-refractivity contribution in [1.82, 2.24) is 5.48 Å². The van der Waals surface area contributed by atoms with E-state index in [9.17, 15) is 9.50 Å². The van der Waals surface area contributed by atoms with E-state index >= 15 is 0 Å². The zero-order chi connectivity index (χ0) is 11.2. The Labute approximate surface area is 92.6 Å². The highest BCUT2D eigenvalue weighted by Crippen LogP contribution is 2.38. The maximum atomic E-state index is 13.2. The number of fused-ring (bicyclic) bond motifs is 1. The van der Waals surface area contributed by atoms with E-state index < -0.39 is 11.4 Å². The first-order valence-corrected chi connectivity index (χ1v) is 5.01. The van der Waals surface area contributed by atoms with Crippen LogP contribution in [0.25, 0.3) is 0 Å². The van der Waals surface area contributed by atoms with Crippen LogP contribution in [-0.4, -0.2) is 10.7 Å². The summed E-state index contributed by atoms with van der Waals surface area (Å²) in [7, 11) is 0. The van der Waals surface area contributed by atoms with Gasteiger partial charge in [0.1, 0.15) is 5.82 Å². The molecule has 2 N–H and O–H groups in total. The van der Waals surface area contributed by atoms with Crippen LogP contribution in [0.4, 0.5) is 4.39 Å². The summed E-state index contributed by atoms with van der Waals surface area (Å²) in [6, 6.07) is 2.45. The van der Waals surface area contributed by atoms with Gasteiger partial charge in [0.2, 0.25) is 0 Å². The molecule has 0 aromatic heterocycles. The van der Waals surface area contributed by atoms with Gasteiger partial charge in [-0.15, -0.1) is 18.1 Å². The number of thiol groups is 1. The lowest BCUT2D eigenvalue weighted by atomic mass is 9.93. The molecule has 0 spiro atoms. The third kappa shape index (κ3) is 1.82. The molecule has 82 valence electrons. The maximum Gasteiger partial charge on any atom is 0.155 e. The molecule has 1 aliphatic rings. The lowest BCUT2D eigenvalue weighted by Crippen LogP contribution is -2.36. The minimum absolute atomic E-state index is 0.246. The Morgan fingerprint density at radius 2 is 2.20 bits per heavy atom. The normalized spacial score (nSPS) is 19.9. The van der Waals surface area contributed by atoms with E-state index in [0.29, 0.717) is 11.3 Å². The SMILES string of the molecule is CC(C)(O)C1NOc2cc(F)c(S)cc21. The molecule has 1 heterocycles. The van der Waals surface area contributed by atoms with Crippen LogP contribution in [0.1, 0.15) is 25.5 Å². The second-order valence-corrected chi connectivity index (χ2v) is 4.63. The number of rotatable bonds is 1. The third-order valence-corrected chi connectivity index (χ3v) is 2.73. The molecule has 1 aliphatic heterocycles. The summed E-state index contributed by atoms with van der Waals surface area (Å²) in [5.74, 6) is -0.0345. The maximum absolute atomic E-state index is 13.2. The fourth-order valence-corrected chi connectivity index (χ4v) is 1.79. The number of nitrogens with one attached hydrogen (secondary N) is 1. The third-order valence-electron chi connectivity index (χ3n) is 2.38. The van der Waals surface area contributed by atoms with Crippen molar-refractivity contribution in [2.45, 2.75) is 30.4 Å².